The number of aromatic nitrogens is 4. The van der Waals surface area contributed by atoms with Crippen LogP contribution in [0.2, 0.25) is 0 Å². The Kier molecular flexibility index (Phi) is 9.51. The molecular formula is C42H50N4. The van der Waals surface area contributed by atoms with E-state index in [0.717, 1.165) is 37.3 Å². The first-order valence-corrected chi connectivity index (χ1v) is 18.2. The van der Waals surface area contributed by atoms with Gasteiger partial charge < -0.3 is 9.13 Å². The van der Waals surface area contributed by atoms with Crippen LogP contribution in [0.15, 0.2) is 72.8 Å². The minimum atomic E-state index is 0.905. The largest absolute Gasteiger partial charge is 0.323 e. The first-order valence-electron chi connectivity index (χ1n) is 18.2. The maximum absolute atomic E-state index is 5.33. The summed E-state index contributed by atoms with van der Waals surface area (Å²) in [7, 11) is 0. The Morgan fingerprint density at radius 1 is 0.500 bits per heavy atom. The van der Waals surface area contributed by atoms with Gasteiger partial charge in [-0.2, -0.15) is 0 Å². The van der Waals surface area contributed by atoms with Crippen LogP contribution < -0.4 is 0 Å². The van der Waals surface area contributed by atoms with Crippen molar-refractivity contribution in [2.45, 2.75) is 117 Å². The van der Waals surface area contributed by atoms with Gasteiger partial charge in [0.05, 0.1) is 35.9 Å². The molecule has 4 heteroatoms. The summed E-state index contributed by atoms with van der Waals surface area (Å²) in [5.74, 6) is 2.49. The molecule has 2 aromatic heterocycles. The molecule has 0 atom stereocenters. The third kappa shape index (κ3) is 6.11. The van der Waals surface area contributed by atoms with Gasteiger partial charge in [0.25, 0.3) is 0 Å². The zero-order valence-electron chi connectivity index (χ0n) is 28.0. The van der Waals surface area contributed by atoms with Gasteiger partial charge in [0.15, 0.2) is 0 Å². The smallest absolute Gasteiger partial charge is 0.110 e. The van der Waals surface area contributed by atoms with Crippen LogP contribution in [0.25, 0.3) is 45.0 Å². The van der Waals surface area contributed by atoms with Crippen LogP contribution in [0.3, 0.4) is 0 Å². The number of unbranched alkanes of at least 4 members (excludes halogenated alkanes) is 10. The van der Waals surface area contributed by atoms with Gasteiger partial charge in [-0.1, -0.05) is 139 Å². The van der Waals surface area contributed by atoms with E-state index in [1.54, 1.807) is 0 Å². The molecule has 4 nitrogen and oxygen atoms in total. The quantitative estimate of drug-likeness (QED) is 0.102. The van der Waals surface area contributed by atoms with Crippen LogP contribution in [0.1, 0.15) is 114 Å². The fourth-order valence-electron chi connectivity index (χ4n) is 7.72. The highest BCUT2D eigenvalue weighted by molar-refractivity contribution is 5.89. The second-order valence-corrected chi connectivity index (χ2v) is 13.6. The van der Waals surface area contributed by atoms with Crippen molar-refractivity contribution in [3.05, 3.63) is 95.6 Å². The Hall–Kier alpha value is -3.92. The number of benzene rings is 3. The lowest BCUT2D eigenvalue weighted by Crippen LogP contribution is -2.01. The van der Waals surface area contributed by atoms with E-state index < -0.39 is 0 Å². The predicted octanol–water partition coefficient (Wildman–Crippen LogP) is 11.3. The number of rotatable bonds is 16. The topological polar surface area (TPSA) is 35.6 Å². The SMILES string of the molecule is CCCCCCCCc1nc(-c2ccccc2)c2n1Cc1cc3c(cc1-2)Cn1c(CCCCCCCC)nc(-c2ccccc2)c1-3. The van der Waals surface area contributed by atoms with Crippen LogP contribution in [0.5, 0.6) is 0 Å². The normalized spacial score (nSPS) is 12.7. The average molecular weight is 611 g/mol. The molecule has 0 unspecified atom stereocenters. The van der Waals surface area contributed by atoms with E-state index >= 15 is 0 Å². The molecular weight excluding hydrogens is 560 g/mol. The summed E-state index contributed by atoms with van der Waals surface area (Å²) in [5, 5.41) is 0. The highest BCUT2D eigenvalue weighted by Gasteiger charge is 2.33. The van der Waals surface area contributed by atoms with Gasteiger partial charge in [-0.05, 0) is 36.1 Å². The minimum Gasteiger partial charge on any atom is -0.323 e. The lowest BCUT2D eigenvalue weighted by molar-refractivity contribution is 0.593. The van der Waals surface area contributed by atoms with E-state index in [4.69, 9.17) is 9.97 Å². The molecule has 0 amide bonds. The fraction of sp³-hybridized carbons (Fsp3) is 0.429. The molecule has 0 saturated carbocycles. The highest BCUT2D eigenvalue weighted by atomic mass is 15.1. The van der Waals surface area contributed by atoms with Crippen LogP contribution in [-0.2, 0) is 25.9 Å². The Labute approximate surface area is 275 Å². The Morgan fingerprint density at radius 3 is 1.30 bits per heavy atom. The summed E-state index contributed by atoms with van der Waals surface area (Å²) < 4.78 is 5.07. The van der Waals surface area contributed by atoms with Crippen molar-refractivity contribution >= 4 is 0 Å². The lowest BCUT2D eigenvalue weighted by atomic mass is 9.95. The lowest BCUT2D eigenvalue weighted by Gasteiger charge is -2.08. The van der Waals surface area contributed by atoms with Crippen molar-refractivity contribution in [3.8, 4) is 45.0 Å². The third-order valence-electron chi connectivity index (χ3n) is 10.2. The molecule has 0 radical (unpaired) electrons. The maximum atomic E-state index is 5.33. The molecule has 7 rings (SSSR count). The van der Waals surface area contributed by atoms with Gasteiger partial charge in [0, 0.05) is 35.1 Å². The molecule has 3 aromatic carbocycles. The second kappa shape index (κ2) is 14.2. The van der Waals surface area contributed by atoms with Crippen molar-refractivity contribution in [1.29, 1.82) is 0 Å². The Morgan fingerprint density at radius 2 is 0.891 bits per heavy atom. The van der Waals surface area contributed by atoms with Gasteiger partial charge >= 0.3 is 0 Å². The molecule has 2 aliphatic heterocycles. The van der Waals surface area contributed by atoms with E-state index in [-0.39, 0.29) is 0 Å². The molecule has 0 saturated heterocycles. The van der Waals surface area contributed by atoms with Gasteiger partial charge in [0.1, 0.15) is 11.6 Å². The van der Waals surface area contributed by atoms with Gasteiger partial charge in [-0.25, -0.2) is 9.97 Å². The molecule has 5 aromatic rings. The van der Waals surface area contributed by atoms with E-state index in [1.807, 2.05) is 0 Å². The molecule has 4 heterocycles. The summed E-state index contributed by atoms with van der Waals surface area (Å²) in [6, 6.07) is 26.7. The molecule has 46 heavy (non-hydrogen) atoms. The van der Waals surface area contributed by atoms with E-state index in [9.17, 15) is 0 Å². The van der Waals surface area contributed by atoms with E-state index in [1.165, 1.54) is 133 Å². The summed E-state index contributed by atoms with van der Waals surface area (Å²) >= 11 is 0. The summed E-state index contributed by atoms with van der Waals surface area (Å²) in [5.41, 5.74) is 12.9. The number of nitrogens with zero attached hydrogens (tertiary/aromatic N) is 4. The number of hydrogen-bond acceptors (Lipinski definition) is 2. The molecule has 0 bridgehead atoms. The van der Waals surface area contributed by atoms with E-state index in [2.05, 4.69) is 95.8 Å². The fourth-order valence-corrected chi connectivity index (χ4v) is 7.72. The number of imidazole rings is 2. The summed E-state index contributed by atoms with van der Waals surface area (Å²) in [4.78, 5) is 10.7. The third-order valence-corrected chi connectivity index (χ3v) is 10.2. The molecule has 0 aliphatic carbocycles. The number of hydrogen-bond donors (Lipinski definition) is 0. The Bertz CT molecular complexity index is 1630. The predicted molar refractivity (Wildman–Crippen MR) is 192 cm³/mol. The van der Waals surface area contributed by atoms with Crippen molar-refractivity contribution in [2.24, 2.45) is 0 Å². The van der Waals surface area contributed by atoms with E-state index in [0.29, 0.717) is 0 Å². The highest BCUT2D eigenvalue weighted by Crippen LogP contribution is 2.47. The zero-order valence-corrected chi connectivity index (χ0v) is 28.0. The van der Waals surface area contributed by atoms with Crippen LogP contribution >= 0.6 is 0 Å². The van der Waals surface area contributed by atoms with Crippen LogP contribution in [0.4, 0.5) is 0 Å². The monoisotopic (exact) mass is 610 g/mol. The van der Waals surface area contributed by atoms with Crippen LogP contribution in [-0.4, -0.2) is 19.1 Å². The molecule has 238 valence electrons. The molecule has 0 spiro atoms. The van der Waals surface area contributed by atoms with Gasteiger partial charge in [-0.3, -0.25) is 0 Å². The van der Waals surface area contributed by atoms with Crippen LogP contribution in [0, 0.1) is 0 Å². The summed E-state index contributed by atoms with van der Waals surface area (Å²) in [6.07, 6.45) is 17.8. The Balaban J connectivity index is 1.21. The van der Waals surface area contributed by atoms with Crippen molar-refractivity contribution < 1.29 is 0 Å². The first kappa shape index (κ1) is 30.7. The van der Waals surface area contributed by atoms with Gasteiger partial charge in [-0.15, -0.1) is 0 Å². The zero-order chi connectivity index (χ0) is 31.3. The molecule has 0 N–H and O–H groups in total. The maximum Gasteiger partial charge on any atom is 0.110 e. The van der Waals surface area contributed by atoms with Crippen molar-refractivity contribution in [2.75, 3.05) is 0 Å². The second-order valence-electron chi connectivity index (χ2n) is 13.6. The molecule has 0 fully saturated rings. The number of fused-ring (bicyclic) bond motifs is 6. The minimum absolute atomic E-state index is 0.905. The van der Waals surface area contributed by atoms with Gasteiger partial charge in [0.2, 0.25) is 0 Å². The first-order chi connectivity index (χ1) is 22.8. The average Bonchev–Trinajstić information content (AvgIpc) is 3.84. The number of aryl methyl sites for hydroxylation is 2. The summed E-state index contributed by atoms with van der Waals surface area (Å²) in [6.45, 7) is 6.39. The van der Waals surface area contributed by atoms with Crippen molar-refractivity contribution in [3.63, 3.8) is 0 Å². The molecule has 2 aliphatic rings. The van der Waals surface area contributed by atoms with Crippen molar-refractivity contribution in [1.82, 2.24) is 19.1 Å². The standard InChI is InChI=1S/C42H50N4/c1-3-5-7-9-11-19-25-37-43-39(31-21-15-13-16-22-31)41-35-28-34-30-46-38(26-20-12-10-8-6-4-2)44-40(32-23-17-14-18-24-32)42(46)36(34)27-33(35)29-45(37)41/h13-18,21-24,27-28H,3-12,19-20,25-26,29-30H2,1-2H3.